The second kappa shape index (κ2) is 6.17. The predicted molar refractivity (Wildman–Crippen MR) is 70.0 cm³/mol. The predicted octanol–water partition coefficient (Wildman–Crippen LogP) is 2.61. The van der Waals surface area contributed by atoms with Crippen LogP contribution in [-0.4, -0.2) is 25.7 Å². The highest BCUT2D eigenvalue weighted by atomic mass is 79.9. The minimum absolute atomic E-state index is 0.00906. The summed E-state index contributed by atoms with van der Waals surface area (Å²) in [6, 6.07) is 7.42. The number of ether oxygens (including phenoxy) is 1. The molecule has 0 aromatic heterocycles. The van der Waals surface area contributed by atoms with E-state index in [9.17, 15) is 4.79 Å². The van der Waals surface area contributed by atoms with Crippen molar-refractivity contribution in [3.8, 4) is 0 Å². The van der Waals surface area contributed by atoms with Crippen LogP contribution in [0.1, 0.15) is 23.2 Å². The van der Waals surface area contributed by atoms with E-state index in [1.165, 1.54) is 0 Å². The Morgan fingerprint density at radius 2 is 2.41 bits per heavy atom. The summed E-state index contributed by atoms with van der Waals surface area (Å²) in [5.41, 5.74) is 0.696. The zero-order chi connectivity index (χ0) is 12.1. The van der Waals surface area contributed by atoms with Crippen LogP contribution in [0, 0.1) is 5.92 Å². The van der Waals surface area contributed by atoms with Crippen LogP contribution >= 0.6 is 15.9 Å². The standard InChI is InChI=1S/C13H16BrNO2/c14-12-3-1-2-11(8-12)13(16)15-6-4-10-5-7-17-9-10/h1-3,8,10H,4-7,9H2,(H,15,16). The van der Waals surface area contributed by atoms with Crippen LogP contribution in [0.15, 0.2) is 28.7 Å². The average molecular weight is 298 g/mol. The third-order valence-electron chi connectivity index (χ3n) is 2.95. The first-order valence-corrected chi connectivity index (χ1v) is 6.66. The molecule has 4 heteroatoms. The summed E-state index contributed by atoms with van der Waals surface area (Å²) in [4.78, 5) is 11.8. The van der Waals surface area contributed by atoms with Gasteiger partial charge >= 0.3 is 0 Å². The minimum atomic E-state index is -0.00906. The van der Waals surface area contributed by atoms with E-state index in [0.29, 0.717) is 11.5 Å². The zero-order valence-corrected chi connectivity index (χ0v) is 11.2. The van der Waals surface area contributed by atoms with E-state index in [2.05, 4.69) is 21.2 Å². The summed E-state index contributed by atoms with van der Waals surface area (Å²) in [6.07, 6.45) is 2.12. The van der Waals surface area contributed by atoms with Crippen molar-refractivity contribution in [2.75, 3.05) is 19.8 Å². The van der Waals surface area contributed by atoms with Gasteiger partial charge in [0, 0.05) is 29.8 Å². The summed E-state index contributed by atoms with van der Waals surface area (Å²) in [5.74, 6) is 0.600. The lowest BCUT2D eigenvalue weighted by atomic mass is 10.1. The Bertz CT molecular complexity index is 389. The molecule has 2 rings (SSSR count). The van der Waals surface area contributed by atoms with E-state index in [-0.39, 0.29) is 5.91 Å². The van der Waals surface area contributed by atoms with Crippen LogP contribution in [0.5, 0.6) is 0 Å². The Kier molecular flexibility index (Phi) is 4.57. The van der Waals surface area contributed by atoms with E-state index in [0.717, 1.165) is 37.1 Å². The maximum Gasteiger partial charge on any atom is 0.251 e. The number of rotatable bonds is 4. The third-order valence-corrected chi connectivity index (χ3v) is 3.44. The van der Waals surface area contributed by atoms with Crippen LogP contribution in [-0.2, 0) is 4.74 Å². The Morgan fingerprint density at radius 1 is 1.53 bits per heavy atom. The molecule has 0 spiro atoms. The van der Waals surface area contributed by atoms with Gasteiger partial charge in [0.2, 0.25) is 0 Å². The number of halogens is 1. The van der Waals surface area contributed by atoms with Gasteiger partial charge in [0.15, 0.2) is 0 Å². The van der Waals surface area contributed by atoms with Gasteiger partial charge in [0.25, 0.3) is 5.91 Å². The topological polar surface area (TPSA) is 38.3 Å². The number of nitrogens with one attached hydrogen (secondary N) is 1. The fourth-order valence-electron chi connectivity index (χ4n) is 1.93. The van der Waals surface area contributed by atoms with Gasteiger partial charge in [-0.1, -0.05) is 22.0 Å². The fraction of sp³-hybridized carbons (Fsp3) is 0.462. The van der Waals surface area contributed by atoms with Gasteiger partial charge in [-0.3, -0.25) is 4.79 Å². The Morgan fingerprint density at radius 3 is 3.12 bits per heavy atom. The first-order valence-electron chi connectivity index (χ1n) is 5.87. The van der Waals surface area contributed by atoms with Crippen molar-refractivity contribution >= 4 is 21.8 Å². The molecule has 1 amide bonds. The van der Waals surface area contributed by atoms with Crippen molar-refractivity contribution in [1.29, 1.82) is 0 Å². The van der Waals surface area contributed by atoms with Gasteiger partial charge in [-0.2, -0.15) is 0 Å². The highest BCUT2D eigenvalue weighted by Gasteiger charge is 2.15. The molecule has 0 aliphatic carbocycles. The molecule has 1 aromatic carbocycles. The molecule has 0 saturated carbocycles. The molecule has 3 nitrogen and oxygen atoms in total. The van der Waals surface area contributed by atoms with Crippen LogP contribution in [0.3, 0.4) is 0 Å². The van der Waals surface area contributed by atoms with Crippen molar-refractivity contribution in [2.45, 2.75) is 12.8 Å². The highest BCUT2D eigenvalue weighted by molar-refractivity contribution is 9.10. The van der Waals surface area contributed by atoms with Crippen molar-refractivity contribution in [2.24, 2.45) is 5.92 Å². The first kappa shape index (κ1) is 12.6. The number of benzene rings is 1. The van der Waals surface area contributed by atoms with E-state index < -0.39 is 0 Å². The molecule has 1 aromatic rings. The molecular formula is C13H16BrNO2. The third kappa shape index (κ3) is 3.82. The maximum absolute atomic E-state index is 11.8. The quantitative estimate of drug-likeness (QED) is 0.928. The van der Waals surface area contributed by atoms with Crippen molar-refractivity contribution in [3.05, 3.63) is 34.3 Å². The van der Waals surface area contributed by atoms with E-state index in [1.807, 2.05) is 24.3 Å². The molecule has 1 N–H and O–H groups in total. The molecule has 0 bridgehead atoms. The van der Waals surface area contributed by atoms with Crippen LogP contribution in [0.4, 0.5) is 0 Å². The maximum atomic E-state index is 11.8. The van der Waals surface area contributed by atoms with E-state index in [4.69, 9.17) is 4.74 Å². The number of amides is 1. The smallest absolute Gasteiger partial charge is 0.251 e. The molecule has 1 unspecified atom stereocenters. The molecular weight excluding hydrogens is 282 g/mol. The number of hydrogen-bond donors (Lipinski definition) is 1. The Balaban J connectivity index is 1.77. The molecule has 1 heterocycles. The van der Waals surface area contributed by atoms with Gasteiger partial charge in [-0.05, 0) is 37.0 Å². The number of carbonyl (C=O) groups excluding carboxylic acids is 1. The molecule has 1 aliphatic rings. The molecule has 1 fully saturated rings. The minimum Gasteiger partial charge on any atom is -0.381 e. The summed E-state index contributed by atoms with van der Waals surface area (Å²) >= 11 is 3.36. The molecule has 17 heavy (non-hydrogen) atoms. The van der Waals surface area contributed by atoms with Gasteiger partial charge in [0.05, 0.1) is 0 Å². The van der Waals surface area contributed by atoms with Crippen LogP contribution in [0.25, 0.3) is 0 Å². The van der Waals surface area contributed by atoms with Crippen LogP contribution in [0.2, 0.25) is 0 Å². The molecule has 1 saturated heterocycles. The summed E-state index contributed by atoms with van der Waals surface area (Å²) < 4.78 is 6.22. The van der Waals surface area contributed by atoms with Gasteiger partial charge in [0.1, 0.15) is 0 Å². The van der Waals surface area contributed by atoms with Gasteiger partial charge < -0.3 is 10.1 Å². The zero-order valence-electron chi connectivity index (χ0n) is 9.62. The van der Waals surface area contributed by atoms with Crippen LogP contribution < -0.4 is 5.32 Å². The number of hydrogen-bond acceptors (Lipinski definition) is 2. The monoisotopic (exact) mass is 297 g/mol. The average Bonchev–Trinajstić information content (AvgIpc) is 2.82. The van der Waals surface area contributed by atoms with E-state index in [1.54, 1.807) is 0 Å². The SMILES string of the molecule is O=C(NCCC1CCOC1)c1cccc(Br)c1. The van der Waals surface area contributed by atoms with Crippen molar-refractivity contribution in [3.63, 3.8) is 0 Å². The molecule has 1 atom stereocenters. The summed E-state index contributed by atoms with van der Waals surface area (Å²) in [5, 5.41) is 2.94. The van der Waals surface area contributed by atoms with Gasteiger partial charge in [-0.25, -0.2) is 0 Å². The van der Waals surface area contributed by atoms with Gasteiger partial charge in [-0.15, -0.1) is 0 Å². The Hall–Kier alpha value is -0.870. The second-order valence-corrected chi connectivity index (χ2v) is 5.20. The molecule has 1 aliphatic heterocycles. The number of carbonyl (C=O) groups is 1. The lowest BCUT2D eigenvalue weighted by Gasteiger charge is -2.08. The lowest BCUT2D eigenvalue weighted by molar-refractivity contribution is 0.0950. The van der Waals surface area contributed by atoms with Crippen molar-refractivity contribution in [1.82, 2.24) is 5.32 Å². The molecule has 92 valence electrons. The lowest BCUT2D eigenvalue weighted by Crippen LogP contribution is -2.26. The fourth-order valence-corrected chi connectivity index (χ4v) is 2.33. The van der Waals surface area contributed by atoms with Crippen molar-refractivity contribution < 1.29 is 9.53 Å². The second-order valence-electron chi connectivity index (χ2n) is 4.28. The van der Waals surface area contributed by atoms with E-state index >= 15 is 0 Å². The Labute approximate surface area is 110 Å². The summed E-state index contributed by atoms with van der Waals surface area (Å²) in [7, 11) is 0. The largest absolute Gasteiger partial charge is 0.381 e. The highest BCUT2D eigenvalue weighted by Crippen LogP contribution is 2.15. The normalized spacial score (nSPS) is 19.2. The summed E-state index contributed by atoms with van der Waals surface area (Å²) in [6.45, 7) is 2.43. The first-order chi connectivity index (χ1) is 8.25. The molecule has 0 radical (unpaired) electrons.